The van der Waals surface area contributed by atoms with Gasteiger partial charge in [0.15, 0.2) is 0 Å². The predicted octanol–water partition coefficient (Wildman–Crippen LogP) is 3.27. The minimum atomic E-state index is -0.986. The van der Waals surface area contributed by atoms with Gasteiger partial charge in [-0.2, -0.15) is 0 Å². The summed E-state index contributed by atoms with van der Waals surface area (Å²) >= 11 is 0. The van der Waals surface area contributed by atoms with Gasteiger partial charge in [-0.1, -0.05) is 30.3 Å². The number of carbonyl (C=O) groups excluding carboxylic acids is 2. The van der Waals surface area contributed by atoms with E-state index in [2.05, 4.69) is 5.32 Å². The van der Waals surface area contributed by atoms with Crippen LogP contribution in [0.3, 0.4) is 0 Å². The van der Waals surface area contributed by atoms with Crippen LogP contribution in [0.4, 0.5) is 0 Å². The number of rotatable bonds is 11. The highest BCUT2D eigenvalue weighted by Gasteiger charge is 2.51. The number of nitrogens with zero attached hydrogens (tertiary/aromatic N) is 1. The van der Waals surface area contributed by atoms with Crippen molar-refractivity contribution in [1.82, 2.24) is 10.2 Å². The molecule has 4 fully saturated rings. The van der Waals surface area contributed by atoms with Crippen LogP contribution >= 0.6 is 0 Å². The summed E-state index contributed by atoms with van der Waals surface area (Å²) in [7, 11) is 0. The molecule has 1 unspecified atom stereocenters. The number of esters is 1. The van der Waals surface area contributed by atoms with Crippen molar-refractivity contribution in [3.63, 3.8) is 0 Å². The van der Waals surface area contributed by atoms with E-state index in [9.17, 15) is 19.5 Å². The summed E-state index contributed by atoms with van der Waals surface area (Å²) in [5, 5.41) is 12.8. The lowest BCUT2D eigenvalue weighted by molar-refractivity contribution is -0.156. The molecule has 7 heteroatoms. The maximum atomic E-state index is 13.6. The van der Waals surface area contributed by atoms with Crippen molar-refractivity contribution in [3.8, 4) is 0 Å². The van der Waals surface area contributed by atoms with E-state index in [0.29, 0.717) is 24.7 Å². The van der Waals surface area contributed by atoms with Gasteiger partial charge in [-0.05, 0) is 88.0 Å². The van der Waals surface area contributed by atoms with Crippen LogP contribution < -0.4 is 5.32 Å². The number of benzene rings is 1. The van der Waals surface area contributed by atoms with Crippen molar-refractivity contribution in [2.24, 2.45) is 23.7 Å². The van der Waals surface area contributed by atoms with Gasteiger partial charge >= 0.3 is 11.9 Å². The van der Waals surface area contributed by atoms with Crippen LogP contribution in [0.15, 0.2) is 30.3 Å². The summed E-state index contributed by atoms with van der Waals surface area (Å²) in [4.78, 5) is 39.7. The lowest BCUT2D eigenvalue weighted by atomic mass is 9.54. The fourth-order valence-electron chi connectivity index (χ4n) is 6.97. The van der Waals surface area contributed by atoms with Gasteiger partial charge in [-0.25, -0.2) is 0 Å². The van der Waals surface area contributed by atoms with Crippen molar-refractivity contribution >= 4 is 17.8 Å². The van der Waals surface area contributed by atoms with Crippen LogP contribution in [-0.2, 0) is 25.5 Å². The Morgan fingerprint density at radius 3 is 2.24 bits per heavy atom. The zero-order valence-electron chi connectivity index (χ0n) is 20.3. The minimum Gasteiger partial charge on any atom is -0.480 e. The lowest BCUT2D eigenvalue weighted by Gasteiger charge is -2.57. The van der Waals surface area contributed by atoms with E-state index in [1.165, 1.54) is 6.42 Å². The number of carboxylic acids is 1. The van der Waals surface area contributed by atoms with E-state index in [1.807, 2.05) is 30.3 Å². The molecule has 5 rings (SSSR count). The molecule has 7 nitrogen and oxygen atoms in total. The molecule has 2 N–H and O–H groups in total. The standard InChI is InChI=1S/C27H38N2O5/c1-3-34-27(33)23(10-9-18-7-5-4-6-8-18)28-17(2)26(32)29(16-24(30)31)25-21-12-19-11-20(14-21)15-22(25)13-19/h4-8,17,19-23,25,28H,3,9-16H2,1-2H3,(H,30,31)/t17-,19?,20?,21?,22?,23?,25?/m0/s1. The van der Waals surface area contributed by atoms with Gasteiger partial charge in [-0.3, -0.25) is 19.7 Å². The summed E-state index contributed by atoms with van der Waals surface area (Å²) in [5.74, 6) is 0.674. The Labute approximate surface area is 202 Å². The second kappa shape index (κ2) is 10.9. The summed E-state index contributed by atoms with van der Waals surface area (Å²) in [6.45, 7) is 3.49. The third-order valence-electron chi connectivity index (χ3n) is 8.08. The number of hydrogen-bond donors (Lipinski definition) is 2. The molecule has 1 aromatic carbocycles. The first-order chi connectivity index (χ1) is 16.4. The van der Waals surface area contributed by atoms with Gasteiger partial charge in [-0.15, -0.1) is 0 Å². The van der Waals surface area contributed by atoms with Crippen LogP contribution in [-0.4, -0.2) is 59.1 Å². The molecule has 186 valence electrons. The topological polar surface area (TPSA) is 95.9 Å². The maximum Gasteiger partial charge on any atom is 0.323 e. The molecule has 0 heterocycles. The van der Waals surface area contributed by atoms with E-state index in [0.717, 1.165) is 43.1 Å². The molecule has 4 aliphatic rings. The normalized spacial score (nSPS) is 28.8. The van der Waals surface area contributed by atoms with Gasteiger partial charge in [0.2, 0.25) is 5.91 Å². The summed E-state index contributed by atoms with van der Waals surface area (Å²) < 4.78 is 5.27. The second-order valence-electron chi connectivity index (χ2n) is 10.5. The van der Waals surface area contributed by atoms with Crippen molar-refractivity contribution < 1.29 is 24.2 Å². The largest absolute Gasteiger partial charge is 0.480 e. The molecular formula is C27H38N2O5. The van der Waals surface area contributed by atoms with Crippen molar-refractivity contribution in [2.45, 2.75) is 76.9 Å². The van der Waals surface area contributed by atoms with Crippen LogP contribution in [0.5, 0.6) is 0 Å². The Morgan fingerprint density at radius 2 is 1.68 bits per heavy atom. The first-order valence-electron chi connectivity index (χ1n) is 12.8. The first-order valence-corrected chi connectivity index (χ1v) is 12.8. The SMILES string of the molecule is CCOC(=O)C(CCc1ccccc1)N[C@@H](C)C(=O)N(CC(=O)O)C1C2CC3CC(C2)CC1C3. The van der Waals surface area contributed by atoms with Crippen molar-refractivity contribution in [3.05, 3.63) is 35.9 Å². The lowest BCUT2D eigenvalue weighted by Crippen LogP contribution is -2.61. The number of carboxylic acid groups (broad SMARTS) is 1. The predicted molar refractivity (Wildman–Crippen MR) is 128 cm³/mol. The fourth-order valence-corrected chi connectivity index (χ4v) is 6.97. The summed E-state index contributed by atoms with van der Waals surface area (Å²) in [6, 6.07) is 8.57. The first kappa shape index (κ1) is 24.7. The number of aryl methyl sites for hydroxylation is 1. The van der Waals surface area contributed by atoms with E-state index in [1.54, 1.807) is 18.7 Å². The van der Waals surface area contributed by atoms with E-state index in [4.69, 9.17) is 4.74 Å². The highest BCUT2D eigenvalue weighted by Crippen LogP contribution is 2.55. The molecule has 2 atom stereocenters. The van der Waals surface area contributed by atoms with Gasteiger partial charge < -0.3 is 14.7 Å². The van der Waals surface area contributed by atoms with E-state index in [-0.39, 0.29) is 31.1 Å². The molecule has 1 aromatic rings. The molecular weight excluding hydrogens is 432 g/mol. The summed E-state index contributed by atoms with van der Waals surface area (Å²) in [5.41, 5.74) is 1.11. The molecule has 4 bridgehead atoms. The number of amides is 1. The highest BCUT2D eigenvalue weighted by atomic mass is 16.5. The molecule has 0 saturated heterocycles. The number of hydrogen-bond acceptors (Lipinski definition) is 5. The van der Waals surface area contributed by atoms with Gasteiger partial charge in [0, 0.05) is 6.04 Å². The average molecular weight is 471 g/mol. The minimum absolute atomic E-state index is 0.00832. The Bertz CT molecular complexity index is 845. The Morgan fingerprint density at radius 1 is 1.06 bits per heavy atom. The highest BCUT2D eigenvalue weighted by molar-refractivity contribution is 5.86. The molecule has 0 radical (unpaired) electrons. The molecule has 34 heavy (non-hydrogen) atoms. The zero-order valence-corrected chi connectivity index (χ0v) is 20.3. The molecule has 0 aromatic heterocycles. The molecule has 0 spiro atoms. The average Bonchev–Trinajstić information content (AvgIpc) is 2.80. The van der Waals surface area contributed by atoms with Gasteiger partial charge in [0.05, 0.1) is 12.6 Å². The molecule has 4 saturated carbocycles. The maximum absolute atomic E-state index is 13.6. The van der Waals surface area contributed by atoms with E-state index >= 15 is 0 Å². The number of aliphatic carboxylic acids is 1. The Kier molecular flexibility index (Phi) is 7.91. The smallest absolute Gasteiger partial charge is 0.323 e. The molecule has 4 aliphatic carbocycles. The van der Waals surface area contributed by atoms with Gasteiger partial charge in [0.1, 0.15) is 12.6 Å². The second-order valence-corrected chi connectivity index (χ2v) is 10.5. The van der Waals surface area contributed by atoms with Crippen molar-refractivity contribution in [2.75, 3.05) is 13.2 Å². The quantitative estimate of drug-likeness (QED) is 0.482. The van der Waals surface area contributed by atoms with Crippen LogP contribution in [0.1, 0.15) is 57.9 Å². The summed E-state index contributed by atoms with van der Waals surface area (Å²) in [6.07, 6.45) is 6.88. The third-order valence-corrected chi connectivity index (χ3v) is 8.08. The molecule has 1 amide bonds. The zero-order chi connectivity index (χ0) is 24.2. The monoisotopic (exact) mass is 470 g/mol. The Hall–Kier alpha value is -2.41. The Balaban J connectivity index is 1.46. The number of ether oxygens (including phenoxy) is 1. The third kappa shape index (κ3) is 5.62. The van der Waals surface area contributed by atoms with Crippen molar-refractivity contribution in [1.29, 1.82) is 0 Å². The molecule has 0 aliphatic heterocycles. The fraction of sp³-hybridized carbons (Fsp3) is 0.667. The number of nitrogens with one attached hydrogen (secondary N) is 1. The van der Waals surface area contributed by atoms with Crippen LogP contribution in [0, 0.1) is 23.7 Å². The van der Waals surface area contributed by atoms with E-state index < -0.39 is 18.1 Å². The number of carbonyl (C=O) groups is 3. The van der Waals surface area contributed by atoms with Crippen LogP contribution in [0.25, 0.3) is 0 Å². The van der Waals surface area contributed by atoms with Crippen LogP contribution in [0.2, 0.25) is 0 Å². The van der Waals surface area contributed by atoms with Gasteiger partial charge in [0.25, 0.3) is 0 Å².